The first-order valence-electron chi connectivity index (χ1n) is 6.11. The van der Waals surface area contributed by atoms with Gasteiger partial charge in [0.1, 0.15) is 5.82 Å². The predicted octanol–water partition coefficient (Wildman–Crippen LogP) is 2.67. The molecule has 4 heteroatoms. The van der Waals surface area contributed by atoms with Crippen LogP contribution >= 0.6 is 0 Å². The van der Waals surface area contributed by atoms with Gasteiger partial charge in [-0.05, 0) is 35.2 Å². The van der Waals surface area contributed by atoms with Crippen molar-refractivity contribution in [3.63, 3.8) is 0 Å². The molecule has 0 aliphatic heterocycles. The van der Waals surface area contributed by atoms with E-state index in [2.05, 4.69) is 27.4 Å². The summed E-state index contributed by atoms with van der Waals surface area (Å²) in [6.07, 6.45) is 10.6. The SMILES string of the molecule is CC(=O)Nc1cc(-c2cncc3c2C=CC3)ccn1. The van der Waals surface area contributed by atoms with Crippen molar-refractivity contribution < 1.29 is 4.79 Å². The Balaban J connectivity index is 2.05. The van der Waals surface area contributed by atoms with E-state index in [1.807, 2.05) is 24.5 Å². The summed E-state index contributed by atoms with van der Waals surface area (Å²) in [5.41, 5.74) is 4.51. The molecule has 1 aliphatic carbocycles. The number of carbonyl (C=O) groups is 1. The second kappa shape index (κ2) is 4.65. The zero-order valence-corrected chi connectivity index (χ0v) is 10.6. The Morgan fingerprint density at radius 1 is 1.37 bits per heavy atom. The predicted molar refractivity (Wildman–Crippen MR) is 74.5 cm³/mol. The molecule has 0 saturated carbocycles. The molecule has 94 valence electrons. The summed E-state index contributed by atoms with van der Waals surface area (Å²) in [5, 5.41) is 2.69. The van der Waals surface area contributed by atoms with E-state index in [0.717, 1.165) is 17.5 Å². The molecule has 1 N–H and O–H groups in total. The highest BCUT2D eigenvalue weighted by Crippen LogP contribution is 2.30. The number of amides is 1. The van der Waals surface area contributed by atoms with Crippen LogP contribution in [-0.2, 0) is 11.2 Å². The van der Waals surface area contributed by atoms with Gasteiger partial charge in [-0.2, -0.15) is 0 Å². The van der Waals surface area contributed by atoms with Gasteiger partial charge in [0.05, 0.1) is 0 Å². The monoisotopic (exact) mass is 251 g/mol. The van der Waals surface area contributed by atoms with E-state index in [1.54, 1.807) is 6.20 Å². The minimum Gasteiger partial charge on any atom is -0.311 e. The highest BCUT2D eigenvalue weighted by Gasteiger charge is 2.12. The topological polar surface area (TPSA) is 54.9 Å². The van der Waals surface area contributed by atoms with Gasteiger partial charge in [-0.3, -0.25) is 9.78 Å². The number of rotatable bonds is 2. The van der Waals surface area contributed by atoms with Gasteiger partial charge in [-0.1, -0.05) is 12.2 Å². The van der Waals surface area contributed by atoms with Crippen molar-refractivity contribution in [1.29, 1.82) is 0 Å². The van der Waals surface area contributed by atoms with Crippen LogP contribution in [0.4, 0.5) is 5.82 Å². The molecule has 2 aromatic heterocycles. The lowest BCUT2D eigenvalue weighted by Crippen LogP contribution is -2.07. The molecule has 1 amide bonds. The van der Waals surface area contributed by atoms with Crippen LogP contribution in [0.5, 0.6) is 0 Å². The minimum atomic E-state index is -0.124. The molecule has 0 radical (unpaired) electrons. The molecule has 4 nitrogen and oxygen atoms in total. The highest BCUT2D eigenvalue weighted by atomic mass is 16.1. The van der Waals surface area contributed by atoms with Crippen LogP contribution in [-0.4, -0.2) is 15.9 Å². The van der Waals surface area contributed by atoms with Gasteiger partial charge in [-0.25, -0.2) is 4.98 Å². The van der Waals surface area contributed by atoms with E-state index in [4.69, 9.17) is 0 Å². The van der Waals surface area contributed by atoms with Crippen molar-refractivity contribution in [2.75, 3.05) is 5.32 Å². The summed E-state index contributed by atoms with van der Waals surface area (Å²) in [5.74, 6) is 0.436. The number of nitrogens with zero attached hydrogens (tertiary/aromatic N) is 2. The number of anilines is 1. The zero-order valence-electron chi connectivity index (χ0n) is 10.6. The standard InChI is InChI=1S/C15H13N3O/c1-10(19)18-15-7-11(5-6-17-15)14-9-16-8-12-3-2-4-13(12)14/h2,4-9H,3H2,1H3,(H,17,18,19). The van der Waals surface area contributed by atoms with Crippen molar-refractivity contribution >= 4 is 17.8 Å². The molecule has 3 rings (SSSR count). The smallest absolute Gasteiger partial charge is 0.222 e. The summed E-state index contributed by atoms with van der Waals surface area (Å²) in [7, 11) is 0. The fraction of sp³-hybridized carbons (Fsp3) is 0.133. The Bertz CT molecular complexity index is 677. The number of aromatic nitrogens is 2. The Hall–Kier alpha value is -2.49. The van der Waals surface area contributed by atoms with E-state index >= 15 is 0 Å². The number of nitrogens with one attached hydrogen (secondary N) is 1. The van der Waals surface area contributed by atoms with Crippen LogP contribution in [0.1, 0.15) is 18.1 Å². The number of pyridine rings is 2. The Morgan fingerprint density at radius 2 is 2.26 bits per heavy atom. The van der Waals surface area contributed by atoms with Crippen LogP contribution in [0.15, 0.2) is 36.8 Å². The highest BCUT2D eigenvalue weighted by molar-refractivity contribution is 5.89. The van der Waals surface area contributed by atoms with Crippen LogP contribution in [0.25, 0.3) is 17.2 Å². The van der Waals surface area contributed by atoms with Crippen molar-refractivity contribution in [3.8, 4) is 11.1 Å². The van der Waals surface area contributed by atoms with Gasteiger partial charge >= 0.3 is 0 Å². The largest absolute Gasteiger partial charge is 0.311 e. The number of carbonyl (C=O) groups excluding carboxylic acids is 1. The van der Waals surface area contributed by atoms with E-state index in [0.29, 0.717) is 5.82 Å². The lowest BCUT2D eigenvalue weighted by molar-refractivity contribution is -0.114. The van der Waals surface area contributed by atoms with E-state index < -0.39 is 0 Å². The second-order valence-corrected chi connectivity index (χ2v) is 4.48. The van der Waals surface area contributed by atoms with Gasteiger partial charge < -0.3 is 5.32 Å². The quantitative estimate of drug-likeness (QED) is 0.892. The average molecular weight is 251 g/mol. The maximum Gasteiger partial charge on any atom is 0.222 e. The minimum absolute atomic E-state index is 0.124. The van der Waals surface area contributed by atoms with Crippen LogP contribution in [0.2, 0.25) is 0 Å². The first-order valence-corrected chi connectivity index (χ1v) is 6.11. The van der Waals surface area contributed by atoms with Crippen molar-refractivity contribution in [1.82, 2.24) is 9.97 Å². The first kappa shape index (κ1) is 11.6. The Labute approximate surface area is 111 Å². The molecule has 1 aliphatic rings. The molecule has 0 spiro atoms. The van der Waals surface area contributed by atoms with Crippen LogP contribution < -0.4 is 5.32 Å². The maximum absolute atomic E-state index is 11.1. The van der Waals surface area contributed by atoms with Gasteiger partial charge in [0, 0.05) is 31.1 Å². The average Bonchev–Trinajstić information content (AvgIpc) is 2.86. The first-order chi connectivity index (χ1) is 9.24. The molecule has 0 aromatic carbocycles. The number of hydrogen-bond acceptors (Lipinski definition) is 3. The molecule has 0 fully saturated rings. The Morgan fingerprint density at radius 3 is 3.11 bits per heavy atom. The summed E-state index contributed by atoms with van der Waals surface area (Å²) >= 11 is 0. The molecule has 2 heterocycles. The molecule has 0 atom stereocenters. The molecule has 19 heavy (non-hydrogen) atoms. The molecular weight excluding hydrogens is 238 g/mol. The van der Waals surface area contributed by atoms with Crippen LogP contribution in [0, 0.1) is 0 Å². The van der Waals surface area contributed by atoms with Gasteiger partial charge in [0.2, 0.25) is 5.91 Å². The third kappa shape index (κ3) is 2.25. The van der Waals surface area contributed by atoms with E-state index in [-0.39, 0.29) is 5.91 Å². The maximum atomic E-state index is 11.1. The summed E-state index contributed by atoms with van der Waals surface area (Å²) in [6.45, 7) is 1.47. The summed E-state index contributed by atoms with van der Waals surface area (Å²) < 4.78 is 0. The lowest BCUT2D eigenvalue weighted by Gasteiger charge is -2.08. The number of fused-ring (bicyclic) bond motifs is 1. The number of hydrogen-bond donors (Lipinski definition) is 1. The van der Waals surface area contributed by atoms with E-state index in [1.165, 1.54) is 18.1 Å². The van der Waals surface area contributed by atoms with Crippen molar-refractivity contribution in [2.45, 2.75) is 13.3 Å². The van der Waals surface area contributed by atoms with Gasteiger partial charge in [0.25, 0.3) is 0 Å². The molecule has 2 aromatic rings. The van der Waals surface area contributed by atoms with E-state index in [9.17, 15) is 4.79 Å². The van der Waals surface area contributed by atoms with Gasteiger partial charge in [0.15, 0.2) is 0 Å². The molecule has 0 saturated heterocycles. The molecular formula is C15H13N3O. The third-order valence-corrected chi connectivity index (χ3v) is 3.07. The van der Waals surface area contributed by atoms with Gasteiger partial charge in [-0.15, -0.1) is 0 Å². The fourth-order valence-corrected chi connectivity index (χ4v) is 2.25. The summed E-state index contributed by atoms with van der Waals surface area (Å²) in [6, 6.07) is 3.79. The third-order valence-electron chi connectivity index (χ3n) is 3.07. The second-order valence-electron chi connectivity index (χ2n) is 4.48. The number of allylic oxidation sites excluding steroid dienone is 1. The van der Waals surface area contributed by atoms with Crippen molar-refractivity contribution in [3.05, 3.63) is 47.9 Å². The molecule has 0 unspecified atom stereocenters. The Kier molecular flexibility index (Phi) is 2.83. The molecule has 0 bridgehead atoms. The summed E-state index contributed by atoms with van der Waals surface area (Å²) in [4.78, 5) is 19.5. The normalized spacial score (nSPS) is 12.3. The fourth-order valence-electron chi connectivity index (χ4n) is 2.25. The lowest BCUT2D eigenvalue weighted by atomic mass is 10.0. The zero-order chi connectivity index (χ0) is 13.2. The van der Waals surface area contributed by atoms with Crippen LogP contribution in [0.3, 0.4) is 0 Å². The van der Waals surface area contributed by atoms with Crippen molar-refractivity contribution in [2.24, 2.45) is 0 Å².